The normalized spacial score (nSPS) is 10.2. The van der Waals surface area contributed by atoms with E-state index >= 15 is 0 Å². The molecule has 21 heavy (non-hydrogen) atoms. The van der Waals surface area contributed by atoms with E-state index in [9.17, 15) is 9.59 Å². The van der Waals surface area contributed by atoms with E-state index in [-0.39, 0.29) is 16.9 Å². The SMILES string of the molecule is CC(=O)c1cc(C#N)c(N)n(-c2ccc(C)cc2C)c1=O. The minimum atomic E-state index is -0.508. The molecule has 0 amide bonds. The lowest BCUT2D eigenvalue weighted by molar-refractivity contribution is 0.101. The summed E-state index contributed by atoms with van der Waals surface area (Å²) < 4.78 is 1.23. The van der Waals surface area contributed by atoms with Gasteiger partial charge < -0.3 is 5.73 Å². The average molecular weight is 281 g/mol. The Kier molecular flexibility index (Phi) is 3.64. The molecule has 0 unspecified atom stereocenters. The van der Waals surface area contributed by atoms with E-state index in [2.05, 4.69) is 0 Å². The molecule has 0 saturated heterocycles. The highest BCUT2D eigenvalue weighted by molar-refractivity contribution is 5.94. The number of Topliss-reactive ketones (excluding diaryl/α,β-unsaturated/α-hetero) is 1. The molecule has 1 aromatic heterocycles. The van der Waals surface area contributed by atoms with Crippen LogP contribution in [0.3, 0.4) is 0 Å². The van der Waals surface area contributed by atoms with Crippen molar-refractivity contribution < 1.29 is 4.79 Å². The number of aryl methyl sites for hydroxylation is 2. The van der Waals surface area contributed by atoms with Crippen molar-refractivity contribution in [1.29, 1.82) is 5.26 Å². The Morgan fingerprint density at radius 2 is 1.95 bits per heavy atom. The Labute approximate surface area is 122 Å². The van der Waals surface area contributed by atoms with Gasteiger partial charge in [-0.1, -0.05) is 17.7 Å². The van der Waals surface area contributed by atoms with Crippen LogP contribution in [-0.2, 0) is 0 Å². The number of nitrogens with zero attached hydrogens (tertiary/aromatic N) is 2. The average Bonchev–Trinajstić information content (AvgIpc) is 2.41. The van der Waals surface area contributed by atoms with Gasteiger partial charge >= 0.3 is 0 Å². The van der Waals surface area contributed by atoms with E-state index in [0.717, 1.165) is 11.1 Å². The molecule has 0 spiro atoms. The lowest BCUT2D eigenvalue weighted by Crippen LogP contribution is -2.28. The maximum Gasteiger partial charge on any atom is 0.267 e. The van der Waals surface area contributed by atoms with Crippen LogP contribution in [0, 0.1) is 25.2 Å². The number of nitrogen functional groups attached to an aromatic ring is 1. The third-order valence-electron chi connectivity index (χ3n) is 3.33. The van der Waals surface area contributed by atoms with Gasteiger partial charge in [0.1, 0.15) is 11.9 Å². The summed E-state index contributed by atoms with van der Waals surface area (Å²) in [5.41, 5.74) is 7.95. The van der Waals surface area contributed by atoms with Gasteiger partial charge in [-0.3, -0.25) is 14.2 Å². The van der Waals surface area contributed by atoms with Gasteiger partial charge in [0.15, 0.2) is 5.78 Å². The van der Waals surface area contributed by atoms with Gasteiger partial charge in [-0.2, -0.15) is 5.26 Å². The number of ketones is 1. The van der Waals surface area contributed by atoms with Crippen molar-refractivity contribution in [2.45, 2.75) is 20.8 Å². The number of hydrogen-bond acceptors (Lipinski definition) is 4. The van der Waals surface area contributed by atoms with Crippen molar-refractivity contribution in [3.63, 3.8) is 0 Å². The Morgan fingerprint density at radius 1 is 1.29 bits per heavy atom. The molecular formula is C16H15N3O2. The number of nitriles is 1. The van der Waals surface area contributed by atoms with Crippen LogP contribution in [0.2, 0.25) is 0 Å². The molecular weight excluding hydrogens is 266 g/mol. The summed E-state index contributed by atoms with van der Waals surface area (Å²) in [6.07, 6.45) is 0. The van der Waals surface area contributed by atoms with E-state index < -0.39 is 11.3 Å². The molecule has 1 aromatic carbocycles. The fourth-order valence-corrected chi connectivity index (χ4v) is 2.27. The molecule has 0 fully saturated rings. The summed E-state index contributed by atoms with van der Waals surface area (Å²) in [4.78, 5) is 24.1. The molecule has 5 heteroatoms. The van der Waals surface area contributed by atoms with Crippen LogP contribution in [0.1, 0.15) is 34.0 Å². The highest BCUT2D eigenvalue weighted by atomic mass is 16.1. The van der Waals surface area contributed by atoms with E-state index in [0.29, 0.717) is 5.69 Å². The van der Waals surface area contributed by atoms with Crippen molar-refractivity contribution >= 4 is 11.6 Å². The highest BCUT2D eigenvalue weighted by Crippen LogP contribution is 2.20. The molecule has 2 N–H and O–H groups in total. The molecule has 0 saturated carbocycles. The largest absolute Gasteiger partial charge is 0.384 e. The molecule has 0 radical (unpaired) electrons. The minimum Gasteiger partial charge on any atom is -0.384 e. The molecule has 2 rings (SSSR count). The predicted molar refractivity (Wildman–Crippen MR) is 80.6 cm³/mol. The number of aromatic nitrogens is 1. The first-order chi connectivity index (χ1) is 9.86. The first kappa shape index (κ1) is 14.5. The van der Waals surface area contributed by atoms with Gasteiger partial charge in [-0.25, -0.2) is 0 Å². The van der Waals surface area contributed by atoms with Crippen molar-refractivity contribution in [2.75, 3.05) is 5.73 Å². The van der Waals surface area contributed by atoms with Crippen LogP contribution < -0.4 is 11.3 Å². The molecule has 0 aliphatic heterocycles. The van der Waals surface area contributed by atoms with Crippen LogP contribution in [0.4, 0.5) is 5.82 Å². The summed E-state index contributed by atoms with van der Waals surface area (Å²) in [7, 11) is 0. The second-order valence-corrected chi connectivity index (χ2v) is 4.96. The maximum absolute atomic E-state index is 12.5. The Morgan fingerprint density at radius 3 is 2.48 bits per heavy atom. The van der Waals surface area contributed by atoms with E-state index in [1.807, 2.05) is 32.0 Å². The first-order valence-corrected chi connectivity index (χ1v) is 6.41. The summed E-state index contributed by atoms with van der Waals surface area (Å²) in [5.74, 6) is -0.352. The van der Waals surface area contributed by atoms with E-state index in [1.54, 1.807) is 6.07 Å². The quantitative estimate of drug-likeness (QED) is 0.854. The topological polar surface area (TPSA) is 88.9 Å². The summed E-state index contributed by atoms with van der Waals surface area (Å²) >= 11 is 0. The van der Waals surface area contributed by atoms with Gasteiger partial charge in [0.25, 0.3) is 5.56 Å². The van der Waals surface area contributed by atoms with Crippen molar-refractivity contribution in [2.24, 2.45) is 0 Å². The third-order valence-corrected chi connectivity index (χ3v) is 3.33. The van der Waals surface area contributed by atoms with Gasteiger partial charge in [0, 0.05) is 0 Å². The standard InChI is InChI=1S/C16H15N3O2/c1-9-4-5-14(10(2)6-9)19-15(18)12(8-17)7-13(11(3)20)16(19)21/h4-7H,18H2,1-3H3. The van der Waals surface area contributed by atoms with Crippen LogP contribution in [0.5, 0.6) is 0 Å². The van der Waals surface area contributed by atoms with Crippen molar-refractivity contribution in [3.05, 3.63) is 56.9 Å². The molecule has 106 valence electrons. The number of anilines is 1. The predicted octanol–water partition coefficient (Wildman–Crippen LogP) is 2.11. The fraction of sp³-hybridized carbons (Fsp3) is 0.188. The third kappa shape index (κ3) is 2.43. The molecule has 0 aliphatic carbocycles. The summed E-state index contributed by atoms with van der Waals surface area (Å²) in [6.45, 7) is 5.08. The monoisotopic (exact) mass is 281 g/mol. The smallest absolute Gasteiger partial charge is 0.267 e. The van der Waals surface area contributed by atoms with Crippen LogP contribution in [0.15, 0.2) is 29.1 Å². The number of rotatable bonds is 2. The maximum atomic E-state index is 12.5. The number of carbonyl (C=O) groups is 1. The molecule has 2 aromatic rings. The van der Waals surface area contributed by atoms with E-state index in [4.69, 9.17) is 11.0 Å². The molecule has 0 atom stereocenters. The fourth-order valence-electron chi connectivity index (χ4n) is 2.27. The van der Waals surface area contributed by atoms with Gasteiger partial charge in [-0.05, 0) is 38.5 Å². The molecule has 0 aliphatic rings. The van der Waals surface area contributed by atoms with Crippen molar-refractivity contribution in [3.8, 4) is 11.8 Å². The zero-order valence-electron chi connectivity index (χ0n) is 12.1. The molecule has 0 bridgehead atoms. The van der Waals surface area contributed by atoms with Gasteiger partial charge in [0.2, 0.25) is 0 Å². The number of carbonyl (C=O) groups excluding carboxylic acids is 1. The highest BCUT2D eigenvalue weighted by Gasteiger charge is 2.17. The summed E-state index contributed by atoms with van der Waals surface area (Å²) in [5, 5.41) is 9.14. The molecule has 1 heterocycles. The number of hydrogen-bond donors (Lipinski definition) is 1. The second-order valence-electron chi connectivity index (χ2n) is 4.96. The Hall–Kier alpha value is -2.87. The molecule has 5 nitrogen and oxygen atoms in total. The number of nitrogens with two attached hydrogens (primary N) is 1. The zero-order chi connectivity index (χ0) is 15.7. The minimum absolute atomic E-state index is 0.0410. The van der Waals surface area contributed by atoms with Gasteiger partial charge in [0.05, 0.1) is 16.8 Å². The Bertz CT molecular complexity index is 842. The summed E-state index contributed by atoms with van der Waals surface area (Å²) in [6, 6.07) is 8.69. The van der Waals surface area contributed by atoms with Crippen LogP contribution >= 0.6 is 0 Å². The number of pyridine rings is 1. The lowest BCUT2D eigenvalue weighted by atomic mass is 10.1. The Balaban J connectivity index is 2.92. The zero-order valence-corrected chi connectivity index (χ0v) is 12.1. The second kappa shape index (κ2) is 5.25. The van der Waals surface area contributed by atoms with Gasteiger partial charge in [-0.15, -0.1) is 0 Å². The van der Waals surface area contributed by atoms with Crippen LogP contribution in [-0.4, -0.2) is 10.4 Å². The van der Waals surface area contributed by atoms with Crippen molar-refractivity contribution in [1.82, 2.24) is 4.57 Å². The van der Waals surface area contributed by atoms with E-state index in [1.165, 1.54) is 17.6 Å². The number of benzene rings is 1. The van der Waals surface area contributed by atoms with Crippen LogP contribution in [0.25, 0.3) is 5.69 Å². The first-order valence-electron chi connectivity index (χ1n) is 6.41. The lowest BCUT2D eigenvalue weighted by Gasteiger charge is -2.15.